The molecule has 0 fully saturated rings. The predicted octanol–water partition coefficient (Wildman–Crippen LogP) is 1.51. The first-order valence-electron chi connectivity index (χ1n) is 4.58. The van der Waals surface area contributed by atoms with E-state index in [9.17, 15) is 4.79 Å². The highest BCUT2D eigenvalue weighted by Gasteiger charge is 2.16. The lowest BCUT2D eigenvalue weighted by Crippen LogP contribution is -2.29. The first kappa shape index (κ1) is 11.3. The van der Waals surface area contributed by atoms with Gasteiger partial charge in [0.05, 0.1) is 6.33 Å². The van der Waals surface area contributed by atoms with Gasteiger partial charge in [-0.2, -0.15) is 12.6 Å². The molecule has 4 heteroatoms. The van der Waals surface area contributed by atoms with Crippen molar-refractivity contribution in [1.82, 2.24) is 9.55 Å². The number of rotatable bonds is 3. The molecule has 0 bridgehead atoms. The summed E-state index contributed by atoms with van der Waals surface area (Å²) < 4.78 is 1.63. The lowest BCUT2D eigenvalue weighted by molar-refractivity contribution is 0.345. The Bertz CT molecular complexity index is 371. The maximum Gasteiger partial charge on any atom is 0.253 e. The topological polar surface area (TPSA) is 34.9 Å². The number of hydrogen-bond donors (Lipinski definition) is 1. The van der Waals surface area contributed by atoms with E-state index in [-0.39, 0.29) is 11.0 Å². The SMILES string of the molecule is Cc1cc(=O)n(CC(C)(C)CS)cn1. The van der Waals surface area contributed by atoms with E-state index in [1.165, 1.54) is 0 Å². The van der Waals surface area contributed by atoms with Crippen LogP contribution in [-0.2, 0) is 6.54 Å². The van der Waals surface area contributed by atoms with Crippen LogP contribution < -0.4 is 5.56 Å². The molecule has 0 aliphatic carbocycles. The summed E-state index contributed by atoms with van der Waals surface area (Å²) in [6.07, 6.45) is 1.60. The maximum absolute atomic E-state index is 11.5. The Labute approximate surface area is 89.6 Å². The predicted molar refractivity (Wildman–Crippen MR) is 60.9 cm³/mol. The first-order valence-corrected chi connectivity index (χ1v) is 5.22. The molecule has 0 aliphatic heterocycles. The summed E-state index contributed by atoms with van der Waals surface area (Å²) in [5.74, 6) is 0.743. The second kappa shape index (κ2) is 4.17. The van der Waals surface area contributed by atoms with Crippen molar-refractivity contribution in [3.63, 3.8) is 0 Å². The fourth-order valence-corrected chi connectivity index (χ4v) is 1.25. The van der Waals surface area contributed by atoms with Gasteiger partial charge >= 0.3 is 0 Å². The van der Waals surface area contributed by atoms with Crippen molar-refractivity contribution in [3.8, 4) is 0 Å². The van der Waals surface area contributed by atoms with Gasteiger partial charge < -0.3 is 0 Å². The Morgan fingerprint density at radius 1 is 1.57 bits per heavy atom. The first-order chi connectivity index (χ1) is 6.44. The van der Waals surface area contributed by atoms with E-state index < -0.39 is 0 Å². The third kappa shape index (κ3) is 2.87. The van der Waals surface area contributed by atoms with Crippen molar-refractivity contribution in [3.05, 3.63) is 28.4 Å². The fourth-order valence-electron chi connectivity index (χ4n) is 1.15. The largest absolute Gasteiger partial charge is 0.299 e. The van der Waals surface area contributed by atoms with Gasteiger partial charge in [0.1, 0.15) is 0 Å². The molecule has 14 heavy (non-hydrogen) atoms. The van der Waals surface area contributed by atoms with Crippen LogP contribution in [0.4, 0.5) is 0 Å². The van der Waals surface area contributed by atoms with Crippen molar-refractivity contribution in [2.24, 2.45) is 5.41 Å². The van der Waals surface area contributed by atoms with E-state index in [2.05, 4.69) is 31.5 Å². The molecule has 0 atom stereocenters. The van der Waals surface area contributed by atoms with E-state index in [1.54, 1.807) is 17.0 Å². The van der Waals surface area contributed by atoms with Gasteiger partial charge in [-0.3, -0.25) is 9.36 Å². The van der Waals surface area contributed by atoms with Crippen molar-refractivity contribution in [2.75, 3.05) is 5.75 Å². The minimum absolute atomic E-state index is 0.00681. The highest BCUT2D eigenvalue weighted by atomic mass is 32.1. The average Bonchev–Trinajstić information content (AvgIpc) is 2.10. The van der Waals surface area contributed by atoms with E-state index in [1.807, 2.05) is 6.92 Å². The van der Waals surface area contributed by atoms with Crippen LogP contribution >= 0.6 is 12.6 Å². The number of aromatic nitrogens is 2. The van der Waals surface area contributed by atoms with Crippen molar-refractivity contribution < 1.29 is 0 Å². The van der Waals surface area contributed by atoms with Gasteiger partial charge in [0.2, 0.25) is 0 Å². The third-order valence-corrected chi connectivity index (χ3v) is 2.90. The molecule has 1 aromatic rings. The van der Waals surface area contributed by atoms with Gasteiger partial charge in [0.15, 0.2) is 0 Å². The van der Waals surface area contributed by atoms with Crippen LogP contribution in [0.5, 0.6) is 0 Å². The molecule has 78 valence electrons. The van der Waals surface area contributed by atoms with Crippen molar-refractivity contribution in [1.29, 1.82) is 0 Å². The molecular formula is C10H16N2OS. The summed E-state index contributed by atoms with van der Waals surface area (Å²) in [6, 6.07) is 1.55. The molecule has 0 unspecified atom stereocenters. The molecule has 0 spiro atoms. The van der Waals surface area contributed by atoms with E-state index >= 15 is 0 Å². The molecular weight excluding hydrogens is 196 g/mol. The van der Waals surface area contributed by atoms with E-state index in [4.69, 9.17) is 0 Å². The van der Waals surface area contributed by atoms with Crippen molar-refractivity contribution in [2.45, 2.75) is 27.3 Å². The van der Waals surface area contributed by atoms with Gasteiger partial charge in [0, 0.05) is 18.3 Å². The summed E-state index contributed by atoms with van der Waals surface area (Å²) >= 11 is 4.25. The molecule has 0 amide bonds. The Morgan fingerprint density at radius 3 is 2.71 bits per heavy atom. The molecule has 0 radical (unpaired) electrons. The minimum atomic E-state index is 0.00681. The summed E-state index contributed by atoms with van der Waals surface area (Å²) in [4.78, 5) is 15.6. The molecule has 3 nitrogen and oxygen atoms in total. The van der Waals surface area contributed by atoms with Gasteiger partial charge in [0.25, 0.3) is 5.56 Å². The van der Waals surface area contributed by atoms with Crippen LogP contribution in [0, 0.1) is 12.3 Å². The van der Waals surface area contributed by atoms with Crippen LogP contribution in [0.1, 0.15) is 19.5 Å². The quantitative estimate of drug-likeness (QED) is 0.771. The van der Waals surface area contributed by atoms with Crippen LogP contribution in [0.2, 0.25) is 0 Å². The zero-order chi connectivity index (χ0) is 10.8. The second-order valence-electron chi connectivity index (χ2n) is 4.32. The Kier molecular flexibility index (Phi) is 3.37. The number of hydrogen-bond acceptors (Lipinski definition) is 3. The third-order valence-electron chi connectivity index (χ3n) is 2.04. The zero-order valence-corrected chi connectivity index (χ0v) is 9.71. The normalized spacial score (nSPS) is 11.7. The van der Waals surface area contributed by atoms with Gasteiger partial charge in [-0.1, -0.05) is 13.8 Å². The lowest BCUT2D eigenvalue weighted by Gasteiger charge is -2.22. The molecule has 1 heterocycles. The summed E-state index contributed by atoms with van der Waals surface area (Å²) in [5.41, 5.74) is 0.784. The molecule has 0 aliphatic rings. The Morgan fingerprint density at radius 2 is 2.21 bits per heavy atom. The second-order valence-corrected chi connectivity index (χ2v) is 4.63. The summed E-state index contributed by atoms with van der Waals surface area (Å²) in [6.45, 7) is 6.62. The number of nitrogens with zero attached hydrogens (tertiary/aromatic N) is 2. The van der Waals surface area contributed by atoms with Crippen LogP contribution in [0.25, 0.3) is 0 Å². The molecule has 0 aromatic carbocycles. The number of aryl methyl sites for hydroxylation is 1. The van der Waals surface area contributed by atoms with Gasteiger partial charge in [-0.05, 0) is 18.1 Å². The smallest absolute Gasteiger partial charge is 0.253 e. The Hall–Kier alpha value is -0.770. The number of thiol groups is 1. The summed E-state index contributed by atoms with van der Waals surface area (Å²) in [7, 11) is 0. The molecule has 0 saturated heterocycles. The van der Waals surface area contributed by atoms with Crippen molar-refractivity contribution >= 4 is 12.6 Å². The fraction of sp³-hybridized carbons (Fsp3) is 0.600. The van der Waals surface area contributed by atoms with E-state index in [0.29, 0.717) is 6.54 Å². The molecule has 0 saturated carbocycles. The summed E-state index contributed by atoms with van der Waals surface area (Å²) in [5, 5.41) is 0. The lowest BCUT2D eigenvalue weighted by atomic mass is 9.96. The standard InChI is InChI=1S/C10H16N2OS/c1-8-4-9(13)12(7-11-8)5-10(2,3)6-14/h4,7,14H,5-6H2,1-3H3. The molecule has 0 N–H and O–H groups in total. The van der Waals surface area contributed by atoms with Crippen LogP contribution in [-0.4, -0.2) is 15.3 Å². The van der Waals surface area contributed by atoms with E-state index in [0.717, 1.165) is 11.4 Å². The highest BCUT2D eigenvalue weighted by molar-refractivity contribution is 7.80. The Balaban J connectivity index is 2.93. The van der Waals surface area contributed by atoms with Gasteiger partial charge in [-0.15, -0.1) is 0 Å². The van der Waals surface area contributed by atoms with Crippen LogP contribution in [0.15, 0.2) is 17.2 Å². The maximum atomic E-state index is 11.5. The molecule has 1 rings (SSSR count). The average molecular weight is 212 g/mol. The van der Waals surface area contributed by atoms with Crippen LogP contribution in [0.3, 0.4) is 0 Å². The zero-order valence-electron chi connectivity index (χ0n) is 8.82. The molecule has 1 aromatic heterocycles. The minimum Gasteiger partial charge on any atom is -0.299 e. The van der Waals surface area contributed by atoms with Gasteiger partial charge in [-0.25, -0.2) is 4.98 Å². The highest BCUT2D eigenvalue weighted by Crippen LogP contribution is 2.18. The monoisotopic (exact) mass is 212 g/mol.